The average molecular weight is 152 g/mol. The summed E-state index contributed by atoms with van der Waals surface area (Å²) in [4.78, 5) is 18.0. The van der Waals surface area contributed by atoms with Crippen LogP contribution in [0.1, 0.15) is 13.3 Å². The molecule has 1 unspecified atom stereocenters. The lowest BCUT2D eigenvalue weighted by Crippen LogP contribution is -2.34. The molecule has 0 saturated carbocycles. The molecule has 0 aromatic carbocycles. The molecule has 59 valence electrons. The largest absolute Gasteiger partial charge is 0.321 e. The molecule has 1 aliphatic heterocycles. The van der Waals surface area contributed by atoms with Crippen LogP contribution in [-0.2, 0) is 4.79 Å². The second-order valence-electron chi connectivity index (χ2n) is 2.81. The fourth-order valence-corrected chi connectivity index (χ4v) is 0.985. The minimum atomic E-state index is -0.568. The third kappa shape index (κ3) is 1.94. The highest BCUT2D eigenvalue weighted by Crippen LogP contribution is 2.16. The molecular formula is C7H10N3O. The van der Waals surface area contributed by atoms with Crippen LogP contribution < -0.4 is 5.73 Å². The number of hydrogen-bond donors (Lipinski definition) is 1. The van der Waals surface area contributed by atoms with Gasteiger partial charge in [-0.1, -0.05) is 0 Å². The Kier molecular flexibility index (Phi) is 2.14. The van der Waals surface area contributed by atoms with E-state index in [2.05, 4.69) is 9.98 Å². The third-order valence-electron chi connectivity index (χ3n) is 1.56. The molecule has 0 aromatic rings. The lowest BCUT2D eigenvalue weighted by molar-refractivity contribution is 0.508. The summed E-state index contributed by atoms with van der Waals surface area (Å²) >= 11 is 0. The average Bonchev–Trinajstić information content (AvgIpc) is 2.36. The number of hydrogen-bond acceptors (Lipinski definition) is 4. The summed E-state index contributed by atoms with van der Waals surface area (Å²) in [6.45, 7) is 1.87. The minimum absolute atomic E-state index is 0.392. The van der Waals surface area contributed by atoms with Crippen molar-refractivity contribution in [1.82, 2.24) is 0 Å². The van der Waals surface area contributed by atoms with Crippen LogP contribution in [-0.4, -0.2) is 30.4 Å². The fourth-order valence-electron chi connectivity index (χ4n) is 0.985. The van der Waals surface area contributed by atoms with Crippen molar-refractivity contribution in [1.29, 1.82) is 0 Å². The van der Waals surface area contributed by atoms with E-state index in [9.17, 15) is 4.79 Å². The van der Waals surface area contributed by atoms with Gasteiger partial charge in [0.05, 0.1) is 11.6 Å². The van der Waals surface area contributed by atoms with E-state index in [1.165, 1.54) is 6.34 Å². The first kappa shape index (κ1) is 8.07. The van der Waals surface area contributed by atoms with Crippen molar-refractivity contribution in [3.63, 3.8) is 0 Å². The summed E-state index contributed by atoms with van der Waals surface area (Å²) in [5.74, 6) is 0. The monoisotopic (exact) mass is 152 g/mol. The first-order valence-corrected chi connectivity index (χ1v) is 3.37. The van der Waals surface area contributed by atoms with E-state index in [-0.39, 0.29) is 0 Å². The molecule has 0 bridgehead atoms. The Morgan fingerprint density at radius 3 is 3.00 bits per heavy atom. The highest BCUT2D eigenvalue weighted by molar-refractivity contribution is 5.86. The van der Waals surface area contributed by atoms with Gasteiger partial charge < -0.3 is 5.73 Å². The molecule has 4 nitrogen and oxygen atoms in total. The van der Waals surface area contributed by atoms with E-state index in [1.54, 1.807) is 12.5 Å². The maximum Gasteiger partial charge on any atom is 0.216 e. The molecule has 2 atom stereocenters. The van der Waals surface area contributed by atoms with Gasteiger partial charge in [0.25, 0.3) is 0 Å². The smallest absolute Gasteiger partial charge is 0.216 e. The quantitative estimate of drug-likeness (QED) is 0.602. The molecule has 0 saturated heterocycles. The standard InChI is InChI=1S/C7H10N3O/c1-7(2-6(8)3-11)4-9-5-10-7/h4-6H,2,8H2,1H3/t6-,7?/m0/s1. The van der Waals surface area contributed by atoms with E-state index < -0.39 is 11.6 Å². The number of aliphatic imine (C=N–C) groups is 2. The van der Waals surface area contributed by atoms with Gasteiger partial charge in [0, 0.05) is 12.6 Å². The van der Waals surface area contributed by atoms with Crippen LogP contribution in [0.15, 0.2) is 9.98 Å². The van der Waals surface area contributed by atoms with E-state index in [0.717, 1.165) is 0 Å². The Morgan fingerprint density at radius 2 is 2.55 bits per heavy atom. The van der Waals surface area contributed by atoms with Crippen molar-refractivity contribution < 1.29 is 4.79 Å². The summed E-state index contributed by atoms with van der Waals surface area (Å²) in [5.41, 5.74) is 4.99. The Morgan fingerprint density at radius 1 is 1.82 bits per heavy atom. The topological polar surface area (TPSA) is 67.8 Å². The molecule has 0 aliphatic carbocycles. The molecule has 1 aliphatic rings. The number of carbonyl (C=O) groups excluding carboxylic acids is 1. The zero-order chi connectivity index (χ0) is 8.32. The second-order valence-corrected chi connectivity index (χ2v) is 2.81. The van der Waals surface area contributed by atoms with Crippen molar-refractivity contribution >= 4 is 18.8 Å². The first-order chi connectivity index (χ1) is 5.16. The summed E-state index contributed by atoms with van der Waals surface area (Å²) < 4.78 is 0. The molecule has 0 aromatic heterocycles. The van der Waals surface area contributed by atoms with Crippen molar-refractivity contribution in [3.05, 3.63) is 0 Å². The predicted octanol–water partition coefficient (Wildman–Crippen LogP) is -0.315. The predicted molar refractivity (Wildman–Crippen MR) is 43.7 cm³/mol. The van der Waals surface area contributed by atoms with Gasteiger partial charge in [-0.3, -0.25) is 9.79 Å². The summed E-state index contributed by atoms with van der Waals surface area (Å²) in [7, 11) is 0. The van der Waals surface area contributed by atoms with Gasteiger partial charge in [-0.25, -0.2) is 4.99 Å². The van der Waals surface area contributed by atoms with Gasteiger partial charge in [0.2, 0.25) is 6.29 Å². The van der Waals surface area contributed by atoms with Gasteiger partial charge in [0.1, 0.15) is 6.34 Å². The zero-order valence-electron chi connectivity index (χ0n) is 6.32. The van der Waals surface area contributed by atoms with Gasteiger partial charge in [-0.15, -0.1) is 0 Å². The molecule has 1 rings (SSSR count). The van der Waals surface area contributed by atoms with Crippen molar-refractivity contribution in [3.8, 4) is 0 Å². The number of nitrogens with zero attached hydrogens (tertiary/aromatic N) is 2. The number of nitrogens with two attached hydrogens (primary N) is 1. The summed E-state index contributed by atoms with van der Waals surface area (Å²) in [5, 5.41) is 0. The number of rotatable bonds is 3. The molecule has 11 heavy (non-hydrogen) atoms. The Balaban J connectivity index is 2.54. The minimum Gasteiger partial charge on any atom is -0.321 e. The molecule has 4 heteroatoms. The van der Waals surface area contributed by atoms with E-state index >= 15 is 0 Å². The highest BCUT2D eigenvalue weighted by Gasteiger charge is 2.25. The van der Waals surface area contributed by atoms with Crippen LogP contribution in [0.4, 0.5) is 0 Å². The first-order valence-electron chi connectivity index (χ1n) is 3.37. The van der Waals surface area contributed by atoms with Gasteiger partial charge in [0.15, 0.2) is 0 Å². The van der Waals surface area contributed by atoms with Gasteiger partial charge in [-0.2, -0.15) is 0 Å². The maximum atomic E-state index is 10.1. The molecule has 0 spiro atoms. The lowest BCUT2D eigenvalue weighted by Gasteiger charge is -2.17. The summed E-state index contributed by atoms with van der Waals surface area (Å²) in [6.07, 6.45) is 5.33. The van der Waals surface area contributed by atoms with Gasteiger partial charge in [-0.05, 0) is 6.92 Å². The van der Waals surface area contributed by atoms with E-state index in [4.69, 9.17) is 5.73 Å². The molecule has 0 amide bonds. The summed E-state index contributed by atoms with van der Waals surface area (Å²) in [6, 6.07) is -0.568. The molecule has 2 N–H and O–H groups in total. The Labute approximate surface area is 65.2 Å². The SMILES string of the molecule is CC1(C[C@H](N)[C]=O)C=NC=N1. The lowest BCUT2D eigenvalue weighted by atomic mass is 9.97. The zero-order valence-corrected chi connectivity index (χ0v) is 6.32. The van der Waals surface area contributed by atoms with Gasteiger partial charge >= 0.3 is 0 Å². The fraction of sp³-hybridized carbons (Fsp3) is 0.571. The Hall–Kier alpha value is -1.03. The van der Waals surface area contributed by atoms with Crippen LogP contribution in [0.25, 0.3) is 0 Å². The van der Waals surface area contributed by atoms with Crippen LogP contribution in [0, 0.1) is 0 Å². The van der Waals surface area contributed by atoms with E-state index in [0.29, 0.717) is 6.42 Å². The van der Waals surface area contributed by atoms with Crippen LogP contribution in [0.3, 0.4) is 0 Å². The van der Waals surface area contributed by atoms with Crippen LogP contribution >= 0.6 is 0 Å². The third-order valence-corrected chi connectivity index (χ3v) is 1.56. The van der Waals surface area contributed by atoms with Crippen molar-refractivity contribution in [2.45, 2.75) is 24.9 Å². The Bertz CT molecular complexity index is 198. The van der Waals surface area contributed by atoms with Crippen molar-refractivity contribution in [2.24, 2.45) is 15.7 Å². The van der Waals surface area contributed by atoms with Crippen LogP contribution in [0.2, 0.25) is 0 Å². The van der Waals surface area contributed by atoms with E-state index in [1.807, 2.05) is 6.92 Å². The van der Waals surface area contributed by atoms with Crippen molar-refractivity contribution in [2.75, 3.05) is 0 Å². The highest BCUT2D eigenvalue weighted by atomic mass is 16.1. The normalized spacial score (nSPS) is 30.7. The molecule has 1 heterocycles. The molecule has 0 fully saturated rings. The molecule has 1 radical (unpaired) electrons. The van der Waals surface area contributed by atoms with Crippen LogP contribution in [0.5, 0.6) is 0 Å². The molecular weight excluding hydrogens is 142 g/mol. The maximum absolute atomic E-state index is 10.1. The second kappa shape index (κ2) is 2.92.